The van der Waals surface area contributed by atoms with Crippen molar-refractivity contribution in [3.8, 4) is 0 Å². The van der Waals surface area contributed by atoms with Crippen LogP contribution in [0.5, 0.6) is 0 Å². The van der Waals surface area contributed by atoms with Crippen LogP contribution >= 0.6 is 0 Å². The minimum absolute atomic E-state index is 0.0422. The summed E-state index contributed by atoms with van der Waals surface area (Å²) in [6.07, 6.45) is 3.38. The molecule has 1 aromatic rings. The molecule has 1 N–H and O–H groups in total. The Morgan fingerprint density at radius 1 is 1.12 bits per heavy atom. The van der Waals surface area contributed by atoms with Gasteiger partial charge in [-0.15, -0.1) is 0 Å². The van der Waals surface area contributed by atoms with Crippen LogP contribution in [0.4, 0.5) is 4.39 Å². The van der Waals surface area contributed by atoms with E-state index in [1.54, 1.807) is 17.0 Å². The first-order chi connectivity index (χ1) is 11.5. The molecule has 0 bridgehead atoms. The number of benzene rings is 1. The van der Waals surface area contributed by atoms with E-state index in [1.807, 2.05) is 0 Å². The Balaban J connectivity index is 1.66. The molecule has 2 heterocycles. The lowest BCUT2D eigenvalue weighted by atomic mass is 10.00. The predicted molar refractivity (Wildman–Crippen MR) is 86.8 cm³/mol. The van der Waals surface area contributed by atoms with Gasteiger partial charge in [0.25, 0.3) is 0 Å². The number of nitrogens with zero attached hydrogens (tertiary/aromatic N) is 2. The van der Waals surface area contributed by atoms with Crippen LogP contribution in [0.2, 0.25) is 0 Å². The predicted octanol–water partition coefficient (Wildman–Crippen LogP) is 2.11. The minimum atomic E-state index is -0.822. The molecule has 2 fully saturated rings. The number of rotatable bonds is 4. The maximum Gasteiger partial charge on any atom is 0.308 e. The van der Waals surface area contributed by atoms with Crippen LogP contribution < -0.4 is 0 Å². The number of carboxylic acids is 1. The van der Waals surface area contributed by atoms with Gasteiger partial charge in [0.2, 0.25) is 5.91 Å². The molecular formula is C18H23FN2O3. The van der Waals surface area contributed by atoms with Gasteiger partial charge in [0, 0.05) is 19.6 Å². The Labute approximate surface area is 141 Å². The third-order valence-electron chi connectivity index (χ3n) is 5.05. The summed E-state index contributed by atoms with van der Waals surface area (Å²) in [4.78, 5) is 27.8. The quantitative estimate of drug-likeness (QED) is 0.916. The van der Waals surface area contributed by atoms with E-state index >= 15 is 0 Å². The molecular weight excluding hydrogens is 311 g/mol. The Morgan fingerprint density at radius 3 is 2.54 bits per heavy atom. The van der Waals surface area contributed by atoms with Gasteiger partial charge >= 0.3 is 5.97 Å². The summed E-state index contributed by atoms with van der Waals surface area (Å²) in [5, 5.41) is 9.11. The fraction of sp³-hybridized carbons (Fsp3) is 0.556. The summed E-state index contributed by atoms with van der Waals surface area (Å²) in [6.45, 7) is 2.29. The molecule has 6 heteroatoms. The zero-order chi connectivity index (χ0) is 17.1. The molecule has 1 amide bonds. The maximum atomic E-state index is 13.1. The first-order valence-electron chi connectivity index (χ1n) is 8.54. The molecule has 2 saturated heterocycles. The van der Waals surface area contributed by atoms with Gasteiger partial charge in [0.05, 0.1) is 12.0 Å². The van der Waals surface area contributed by atoms with E-state index in [1.165, 1.54) is 12.1 Å². The summed E-state index contributed by atoms with van der Waals surface area (Å²) in [7, 11) is 0. The van der Waals surface area contributed by atoms with Crippen molar-refractivity contribution in [2.75, 3.05) is 19.6 Å². The second kappa shape index (κ2) is 7.30. The number of halogens is 1. The van der Waals surface area contributed by atoms with E-state index in [0.29, 0.717) is 26.1 Å². The SMILES string of the molecule is O=C(O)[C@H]1CCN(C(=O)[C@H]2CCCCN2Cc2ccc(F)cc2)C1. The van der Waals surface area contributed by atoms with Crippen LogP contribution in [-0.2, 0) is 16.1 Å². The van der Waals surface area contributed by atoms with Crippen molar-refractivity contribution in [2.24, 2.45) is 5.92 Å². The molecule has 5 nitrogen and oxygen atoms in total. The van der Waals surface area contributed by atoms with Crippen molar-refractivity contribution < 1.29 is 19.1 Å². The fourth-order valence-electron chi connectivity index (χ4n) is 3.66. The summed E-state index contributed by atoms with van der Waals surface area (Å²) < 4.78 is 13.1. The molecule has 24 heavy (non-hydrogen) atoms. The molecule has 0 aromatic heterocycles. The van der Waals surface area contributed by atoms with E-state index in [0.717, 1.165) is 31.4 Å². The summed E-state index contributed by atoms with van der Waals surface area (Å²) >= 11 is 0. The first-order valence-corrected chi connectivity index (χ1v) is 8.54. The van der Waals surface area contributed by atoms with Crippen molar-refractivity contribution in [3.63, 3.8) is 0 Å². The third kappa shape index (κ3) is 3.75. The summed E-state index contributed by atoms with van der Waals surface area (Å²) in [6, 6.07) is 6.18. The molecule has 0 saturated carbocycles. The number of hydrogen-bond donors (Lipinski definition) is 1. The average Bonchev–Trinajstić information content (AvgIpc) is 3.07. The Kier molecular flexibility index (Phi) is 5.14. The van der Waals surface area contributed by atoms with Crippen molar-refractivity contribution in [3.05, 3.63) is 35.6 Å². The van der Waals surface area contributed by atoms with Crippen LogP contribution in [0.3, 0.4) is 0 Å². The van der Waals surface area contributed by atoms with E-state index in [2.05, 4.69) is 4.90 Å². The van der Waals surface area contributed by atoms with Gasteiger partial charge < -0.3 is 10.0 Å². The highest BCUT2D eigenvalue weighted by Gasteiger charge is 2.37. The zero-order valence-corrected chi connectivity index (χ0v) is 13.7. The number of aliphatic carboxylic acids is 1. The van der Waals surface area contributed by atoms with Crippen molar-refractivity contribution in [2.45, 2.75) is 38.3 Å². The van der Waals surface area contributed by atoms with Crippen LogP contribution in [0.1, 0.15) is 31.2 Å². The van der Waals surface area contributed by atoms with Crippen LogP contribution in [0.25, 0.3) is 0 Å². The van der Waals surface area contributed by atoms with Crippen LogP contribution in [-0.4, -0.2) is 52.5 Å². The van der Waals surface area contributed by atoms with Crippen molar-refractivity contribution >= 4 is 11.9 Å². The van der Waals surface area contributed by atoms with Crippen molar-refractivity contribution in [1.82, 2.24) is 9.80 Å². The lowest BCUT2D eigenvalue weighted by Crippen LogP contribution is -2.50. The number of amides is 1. The topological polar surface area (TPSA) is 60.9 Å². The Bertz CT molecular complexity index is 605. The van der Waals surface area contributed by atoms with E-state index in [-0.39, 0.29) is 17.8 Å². The van der Waals surface area contributed by atoms with Gasteiger partial charge in [-0.2, -0.15) is 0 Å². The number of carbonyl (C=O) groups excluding carboxylic acids is 1. The number of carbonyl (C=O) groups is 2. The molecule has 2 atom stereocenters. The first kappa shape index (κ1) is 16.9. The normalized spacial score (nSPS) is 25.0. The highest BCUT2D eigenvalue weighted by molar-refractivity contribution is 5.83. The Hall–Kier alpha value is -1.95. The molecule has 2 aliphatic rings. The summed E-state index contributed by atoms with van der Waals surface area (Å²) in [5.74, 6) is -1.48. The van der Waals surface area contributed by atoms with E-state index in [4.69, 9.17) is 5.11 Å². The third-order valence-corrected chi connectivity index (χ3v) is 5.05. The molecule has 0 spiro atoms. The molecule has 0 aliphatic carbocycles. The van der Waals surface area contributed by atoms with E-state index < -0.39 is 11.9 Å². The Morgan fingerprint density at radius 2 is 1.88 bits per heavy atom. The smallest absolute Gasteiger partial charge is 0.308 e. The molecule has 1 aromatic carbocycles. The number of hydrogen-bond acceptors (Lipinski definition) is 3. The van der Waals surface area contributed by atoms with Gasteiger partial charge in [-0.25, -0.2) is 4.39 Å². The molecule has 130 valence electrons. The van der Waals surface area contributed by atoms with Gasteiger partial charge in [-0.1, -0.05) is 18.6 Å². The van der Waals surface area contributed by atoms with Crippen LogP contribution in [0.15, 0.2) is 24.3 Å². The second-order valence-corrected chi connectivity index (χ2v) is 6.72. The standard InChI is InChI=1S/C18H23FN2O3/c19-15-6-4-13(5-7-15)11-20-9-2-1-3-16(20)17(22)21-10-8-14(12-21)18(23)24/h4-7,14,16H,1-3,8-12H2,(H,23,24)/t14-,16+/m0/s1. The van der Waals surface area contributed by atoms with Gasteiger partial charge in [-0.3, -0.25) is 14.5 Å². The van der Waals surface area contributed by atoms with Gasteiger partial charge in [-0.05, 0) is 43.5 Å². The average molecular weight is 334 g/mol. The lowest BCUT2D eigenvalue weighted by Gasteiger charge is -2.36. The fourth-order valence-corrected chi connectivity index (χ4v) is 3.66. The van der Waals surface area contributed by atoms with Crippen molar-refractivity contribution in [1.29, 1.82) is 0 Å². The molecule has 0 radical (unpaired) electrons. The molecule has 0 unspecified atom stereocenters. The number of piperidine rings is 1. The zero-order valence-electron chi connectivity index (χ0n) is 13.7. The van der Waals surface area contributed by atoms with Gasteiger partial charge in [0.15, 0.2) is 0 Å². The maximum absolute atomic E-state index is 13.1. The minimum Gasteiger partial charge on any atom is -0.481 e. The molecule has 3 rings (SSSR count). The summed E-state index contributed by atoms with van der Waals surface area (Å²) in [5.41, 5.74) is 0.987. The van der Waals surface area contributed by atoms with Gasteiger partial charge in [0.1, 0.15) is 5.82 Å². The highest BCUT2D eigenvalue weighted by atomic mass is 19.1. The molecule has 2 aliphatic heterocycles. The second-order valence-electron chi connectivity index (χ2n) is 6.72. The lowest BCUT2D eigenvalue weighted by molar-refractivity contribution is -0.142. The largest absolute Gasteiger partial charge is 0.481 e. The monoisotopic (exact) mass is 334 g/mol. The number of likely N-dealkylation sites (tertiary alicyclic amines) is 2. The highest BCUT2D eigenvalue weighted by Crippen LogP contribution is 2.24. The number of carboxylic acid groups (broad SMARTS) is 1. The van der Waals surface area contributed by atoms with Crippen LogP contribution in [0, 0.1) is 11.7 Å². The van der Waals surface area contributed by atoms with E-state index in [9.17, 15) is 14.0 Å².